The molecule has 0 aliphatic carbocycles. The lowest BCUT2D eigenvalue weighted by Gasteiger charge is -2.15. The Morgan fingerprint density at radius 2 is 2.00 bits per heavy atom. The van der Waals surface area contributed by atoms with Gasteiger partial charge < -0.3 is 10.3 Å². The Hall–Kier alpha value is -1.85. The predicted octanol–water partition coefficient (Wildman–Crippen LogP) is 2.27. The number of anilines is 1. The molecule has 1 aromatic carbocycles. The SMILES string of the molecule is CC(N)C(C)C(=O)Nc1nccn1Cc1ccccc1.Cl. The number of nitrogens with two attached hydrogens (primary N) is 1. The zero-order valence-corrected chi connectivity index (χ0v) is 13.0. The quantitative estimate of drug-likeness (QED) is 0.890. The van der Waals surface area contributed by atoms with E-state index in [2.05, 4.69) is 10.3 Å². The van der Waals surface area contributed by atoms with Crippen molar-refractivity contribution in [1.82, 2.24) is 9.55 Å². The normalized spacial score (nSPS) is 13.1. The van der Waals surface area contributed by atoms with Gasteiger partial charge in [0.2, 0.25) is 11.9 Å². The molecule has 0 aliphatic rings. The van der Waals surface area contributed by atoms with E-state index in [4.69, 9.17) is 5.73 Å². The summed E-state index contributed by atoms with van der Waals surface area (Å²) in [4.78, 5) is 16.2. The second kappa shape index (κ2) is 7.81. The zero-order chi connectivity index (χ0) is 14.5. The fraction of sp³-hybridized carbons (Fsp3) is 0.333. The van der Waals surface area contributed by atoms with Crippen LogP contribution in [0.15, 0.2) is 42.7 Å². The van der Waals surface area contributed by atoms with Crippen molar-refractivity contribution in [1.29, 1.82) is 0 Å². The predicted molar refractivity (Wildman–Crippen MR) is 86.5 cm³/mol. The summed E-state index contributed by atoms with van der Waals surface area (Å²) in [6, 6.07) is 9.84. The third-order valence-electron chi connectivity index (χ3n) is 3.35. The van der Waals surface area contributed by atoms with Gasteiger partial charge in [0, 0.05) is 18.4 Å². The molecule has 0 spiro atoms. The molecule has 2 unspecified atom stereocenters. The number of carbonyl (C=O) groups excluding carboxylic acids is 1. The Balaban J connectivity index is 0.00000220. The lowest BCUT2D eigenvalue weighted by atomic mass is 10.0. The van der Waals surface area contributed by atoms with Crippen LogP contribution in [0.25, 0.3) is 0 Å². The van der Waals surface area contributed by atoms with Gasteiger partial charge in [-0.05, 0) is 12.5 Å². The molecule has 1 aromatic heterocycles. The Morgan fingerprint density at radius 1 is 1.33 bits per heavy atom. The number of aromatic nitrogens is 2. The molecule has 3 N–H and O–H groups in total. The van der Waals surface area contributed by atoms with E-state index in [1.165, 1.54) is 0 Å². The molecule has 0 aliphatic heterocycles. The van der Waals surface area contributed by atoms with Crippen molar-refractivity contribution in [2.75, 3.05) is 5.32 Å². The van der Waals surface area contributed by atoms with Crippen molar-refractivity contribution < 1.29 is 4.79 Å². The standard InChI is InChI=1S/C15H20N4O.ClH/c1-11(12(2)16)14(20)18-15-17-8-9-19(15)10-13-6-4-3-5-7-13;/h3-9,11-12H,10,16H2,1-2H3,(H,17,18,20);1H. The number of hydrogen-bond acceptors (Lipinski definition) is 3. The lowest BCUT2D eigenvalue weighted by Crippen LogP contribution is -2.35. The minimum atomic E-state index is -0.253. The Kier molecular flexibility index (Phi) is 6.39. The first kappa shape index (κ1) is 17.2. The number of imidazole rings is 1. The molecule has 0 fully saturated rings. The van der Waals surface area contributed by atoms with Crippen LogP contribution < -0.4 is 11.1 Å². The molecule has 2 aromatic rings. The Bertz CT molecular complexity index is 568. The van der Waals surface area contributed by atoms with E-state index in [1.54, 1.807) is 6.20 Å². The summed E-state index contributed by atoms with van der Waals surface area (Å²) in [5.41, 5.74) is 6.89. The summed E-state index contributed by atoms with van der Waals surface area (Å²) < 4.78 is 1.90. The molecule has 2 rings (SSSR count). The van der Waals surface area contributed by atoms with Crippen LogP contribution in [0, 0.1) is 5.92 Å². The van der Waals surface area contributed by atoms with Crippen LogP contribution in [0.5, 0.6) is 0 Å². The minimum absolute atomic E-state index is 0. The number of carbonyl (C=O) groups is 1. The van der Waals surface area contributed by atoms with Crippen molar-refractivity contribution in [2.24, 2.45) is 11.7 Å². The molecule has 1 heterocycles. The fourth-order valence-electron chi connectivity index (χ4n) is 1.80. The topological polar surface area (TPSA) is 72.9 Å². The summed E-state index contributed by atoms with van der Waals surface area (Å²) in [5, 5.41) is 2.82. The van der Waals surface area contributed by atoms with Gasteiger partial charge in [-0.2, -0.15) is 0 Å². The molecule has 0 bridgehead atoms. The van der Waals surface area contributed by atoms with Gasteiger partial charge in [0.25, 0.3) is 0 Å². The van der Waals surface area contributed by atoms with Gasteiger partial charge in [-0.15, -0.1) is 12.4 Å². The molecule has 1 amide bonds. The van der Waals surface area contributed by atoms with Gasteiger partial charge in [-0.1, -0.05) is 37.3 Å². The average Bonchev–Trinajstić information content (AvgIpc) is 2.86. The van der Waals surface area contributed by atoms with Crippen LogP contribution in [0.4, 0.5) is 5.95 Å². The summed E-state index contributed by atoms with van der Waals surface area (Å²) in [6.45, 7) is 4.30. The van der Waals surface area contributed by atoms with E-state index in [9.17, 15) is 4.79 Å². The highest BCUT2D eigenvalue weighted by Gasteiger charge is 2.18. The molecule has 114 valence electrons. The summed E-state index contributed by atoms with van der Waals surface area (Å²) >= 11 is 0. The van der Waals surface area contributed by atoms with Crippen LogP contribution in [0.2, 0.25) is 0 Å². The fourth-order valence-corrected chi connectivity index (χ4v) is 1.80. The van der Waals surface area contributed by atoms with Gasteiger partial charge in [-0.3, -0.25) is 10.1 Å². The van der Waals surface area contributed by atoms with Crippen molar-refractivity contribution in [2.45, 2.75) is 26.4 Å². The van der Waals surface area contributed by atoms with Crippen LogP contribution >= 0.6 is 12.4 Å². The maximum atomic E-state index is 12.0. The average molecular weight is 309 g/mol. The molecular formula is C15H21ClN4O. The monoisotopic (exact) mass is 308 g/mol. The highest BCUT2D eigenvalue weighted by Crippen LogP contribution is 2.11. The van der Waals surface area contributed by atoms with Crippen molar-refractivity contribution in [3.05, 3.63) is 48.3 Å². The van der Waals surface area contributed by atoms with E-state index in [0.717, 1.165) is 5.56 Å². The van der Waals surface area contributed by atoms with E-state index < -0.39 is 0 Å². The Morgan fingerprint density at radius 3 is 2.62 bits per heavy atom. The number of rotatable bonds is 5. The summed E-state index contributed by atoms with van der Waals surface area (Å²) in [7, 11) is 0. The number of halogens is 1. The molecule has 0 saturated carbocycles. The van der Waals surface area contributed by atoms with Crippen LogP contribution in [0.3, 0.4) is 0 Å². The zero-order valence-electron chi connectivity index (χ0n) is 12.2. The molecule has 5 nitrogen and oxygen atoms in total. The largest absolute Gasteiger partial charge is 0.327 e. The number of amides is 1. The van der Waals surface area contributed by atoms with Crippen LogP contribution in [0.1, 0.15) is 19.4 Å². The summed E-state index contributed by atoms with van der Waals surface area (Å²) in [6.07, 6.45) is 3.52. The van der Waals surface area contributed by atoms with Gasteiger partial charge >= 0.3 is 0 Å². The summed E-state index contributed by atoms with van der Waals surface area (Å²) in [5.74, 6) is 0.184. The first-order chi connectivity index (χ1) is 9.58. The van der Waals surface area contributed by atoms with E-state index in [-0.39, 0.29) is 30.3 Å². The number of benzene rings is 1. The van der Waals surface area contributed by atoms with E-state index >= 15 is 0 Å². The minimum Gasteiger partial charge on any atom is -0.327 e. The smallest absolute Gasteiger partial charge is 0.231 e. The third kappa shape index (κ3) is 4.58. The third-order valence-corrected chi connectivity index (χ3v) is 3.35. The van der Waals surface area contributed by atoms with Gasteiger partial charge in [0.1, 0.15) is 0 Å². The lowest BCUT2D eigenvalue weighted by molar-refractivity contribution is -0.119. The molecule has 6 heteroatoms. The van der Waals surface area contributed by atoms with Crippen LogP contribution in [-0.4, -0.2) is 21.5 Å². The first-order valence-corrected chi connectivity index (χ1v) is 6.69. The van der Waals surface area contributed by atoms with E-state index in [0.29, 0.717) is 12.5 Å². The van der Waals surface area contributed by atoms with Crippen LogP contribution in [-0.2, 0) is 11.3 Å². The molecule has 0 radical (unpaired) electrons. The first-order valence-electron chi connectivity index (χ1n) is 6.69. The Labute approximate surface area is 131 Å². The number of nitrogens with zero attached hydrogens (tertiary/aromatic N) is 2. The van der Waals surface area contributed by atoms with Gasteiger partial charge in [0.15, 0.2) is 0 Å². The maximum absolute atomic E-state index is 12.0. The van der Waals surface area contributed by atoms with Gasteiger partial charge in [0.05, 0.1) is 12.5 Å². The highest BCUT2D eigenvalue weighted by molar-refractivity contribution is 5.91. The van der Waals surface area contributed by atoms with Gasteiger partial charge in [-0.25, -0.2) is 4.98 Å². The van der Waals surface area contributed by atoms with Crippen molar-refractivity contribution >= 4 is 24.3 Å². The number of hydrogen-bond donors (Lipinski definition) is 2. The molecule has 21 heavy (non-hydrogen) atoms. The molecule has 2 atom stereocenters. The molecule has 0 saturated heterocycles. The highest BCUT2D eigenvalue weighted by atomic mass is 35.5. The van der Waals surface area contributed by atoms with Crippen molar-refractivity contribution in [3.63, 3.8) is 0 Å². The molecular weight excluding hydrogens is 288 g/mol. The number of nitrogens with one attached hydrogen (secondary N) is 1. The van der Waals surface area contributed by atoms with Crippen molar-refractivity contribution in [3.8, 4) is 0 Å². The second-order valence-corrected chi connectivity index (χ2v) is 5.00. The second-order valence-electron chi connectivity index (χ2n) is 5.00. The maximum Gasteiger partial charge on any atom is 0.231 e. The van der Waals surface area contributed by atoms with E-state index in [1.807, 2.05) is 54.9 Å².